The molecule has 7 nitrogen and oxygen atoms in total. The van der Waals surface area contributed by atoms with Gasteiger partial charge in [0, 0.05) is 36.3 Å². The number of fused-ring (bicyclic) bond motifs is 1. The molecule has 0 bridgehead atoms. The lowest BCUT2D eigenvalue weighted by molar-refractivity contribution is 0.0291. The summed E-state index contributed by atoms with van der Waals surface area (Å²) in [7, 11) is 0. The van der Waals surface area contributed by atoms with E-state index in [9.17, 15) is 9.59 Å². The molecule has 4 rings (SSSR count). The Balaban J connectivity index is 1.31. The third kappa shape index (κ3) is 5.11. The molecule has 1 N–H and O–H groups in total. The van der Waals surface area contributed by atoms with Crippen molar-refractivity contribution in [2.75, 3.05) is 19.6 Å². The number of carbonyl (C=O) groups excluding carboxylic acids is 2. The lowest BCUT2D eigenvalue weighted by Crippen LogP contribution is -2.39. The van der Waals surface area contributed by atoms with Crippen molar-refractivity contribution < 1.29 is 14.3 Å². The highest BCUT2D eigenvalue weighted by molar-refractivity contribution is 5.97. The molecule has 2 aromatic carbocycles. The number of aromatic nitrogens is 2. The van der Waals surface area contributed by atoms with Gasteiger partial charge in [-0.05, 0) is 57.5 Å². The monoisotopic (exact) mass is 420 g/mol. The SMILES string of the molecule is CC(C)(C)OC(=O)N1CCC(NCC(=O)c2ccc(-n3cc4ccccc4n3)cc2)C1. The zero-order valence-corrected chi connectivity index (χ0v) is 18.2. The van der Waals surface area contributed by atoms with E-state index in [1.165, 1.54) is 0 Å². The fourth-order valence-corrected chi connectivity index (χ4v) is 3.66. The summed E-state index contributed by atoms with van der Waals surface area (Å²) in [5, 5.41) is 8.91. The molecule has 1 aliphatic rings. The summed E-state index contributed by atoms with van der Waals surface area (Å²) < 4.78 is 7.24. The molecule has 1 atom stereocenters. The average molecular weight is 421 g/mol. The molecule has 162 valence electrons. The van der Waals surface area contributed by atoms with Crippen LogP contribution in [0.5, 0.6) is 0 Å². The number of ether oxygens (including phenoxy) is 1. The van der Waals surface area contributed by atoms with Gasteiger partial charge >= 0.3 is 6.09 Å². The number of Topliss-reactive ketones (excluding diaryl/α,β-unsaturated/α-hetero) is 1. The van der Waals surface area contributed by atoms with Crippen LogP contribution in [-0.4, -0.2) is 57.8 Å². The average Bonchev–Trinajstić information content (AvgIpc) is 3.38. The molecule has 1 aliphatic heterocycles. The third-order valence-corrected chi connectivity index (χ3v) is 5.26. The number of amides is 1. The minimum absolute atomic E-state index is 0.0212. The summed E-state index contributed by atoms with van der Waals surface area (Å²) in [4.78, 5) is 26.5. The van der Waals surface area contributed by atoms with Crippen molar-refractivity contribution in [3.8, 4) is 5.69 Å². The van der Waals surface area contributed by atoms with Gasteiger partial charge in [-0.2, -0.15) is 5.10 Å². The zero-order valence-electron chi connectivity index (χ0n) is 18.2. The maximum atomic E-state index is 12.6. The molecular weight excluding hydrogens is 392 g/mol. The van der Waals surface area contributed by atoms with Crippen LogP contribution in [0.4, 0.5) is 4.79 Å². The van der Waals surface area contributed by atoms with Crippen molar-refractivity contribution in [1.29, 1.82) is 0 Å². The summed E-state index contributed by atoms with van der Waals surface area (Å²) in [6, 6.07) is 15.5. The van der Waals surface area contributed by atoms with Gasteiger partial charge in [-0.25, -0.2) is 9.48 Å². The van der Waals surface area contributed by atoms with Crippen LogP contribution in [0.2, 0.25) is 0 Å². The van der Waals surface area contributed by atoms with Crippen LogP contribution in [0.1, 0.15) is 37.6 Å². The molecule has 1 amide bonds. The Morgan fingerprint density at radius 2 is 1.87 bits per heavy atom. The Labute approximate surface area is 182 Å². The first-order valence-electron chi connectivity index (χ1n) is 10.6. The molecule has 0 aliphatic carbocycles. The summed E-state index contributed by atoms with van der Waals surface area (Å²) in [5.74, 6) is 0.0212. The van der Waals surface area contributed by atoms with Crippen LogP contribution >= 0.6 is 0 Å². The fourth-order valence-electron chi connectivity index (χ4n) is 3.66. The van der Waals surface area contributed by atoms with E-state index in [1.54, 1.807) is 4.90 Å². The standard InChI is InChI=1S/C24H28N4O3/c1-24(2,3)31-23(30)27-13-12-19(16-27)25-14-22(29)17-8-10-20(11-9-17)28-15-18-6-4-5-7-21(18)26-28/h4-11,15,19,25H,12-14,16H2,1-3H3. The molecule has 2 heterocycles. The smallest absolute Gasteiger partial charge is 0.410 e. The van der Waals surface area contributed by atoms with E-state index in [-0.39, 0.29) is 24.5 Å². The topological polar surface area (TPSA) is 76.5 Å². The predicted octanol–water partition coefficient (Wildman–Crippen LogP) is 3.81. The first kappa shape index (κ1) is 21.1. The van der Waals surface area contributed by atoms with E-state index in [0.29, 0.717) is 18.7 Å². The molecule has 31 heavy (non-hydrogen) atoms. The van der Waals surface area contributed by atoms with Gasteiger partial charge in [-0.15, -0.1) is 0 Å². The molecule has 0 spiro atoms. The van der Waals surface area contributed by atoms with Crippen LogP contribution in [0, 0.1) is 0 Å². The summed E-state index contributed by atoms with van der Waals surface area (Å²) in [5.41, 5.74) is 1.98. The van der Waals surface area contributed by atoms with Crippen LogP contribution in [0.15, 0.2) is 54.7 Å². The highest BCUT2D eigenvalue weighted by atomic mass is 16.6. The largest absolute Gasteiger partial charge is 0.444 e. The van der Waals surface area contributed by atoms with Gasteiger partial charge in [-0.1, -0.05) is 18.2 Å². The number of benzene rings is 2. The van der Waals surface area contributed by atoms with Crippen molar-refractivity contribution in [3.05, 3.63) is 60.3 Å². The number of likely N-dealkylation sites (tertiary alicyclic amines) is 1. The minimum atomic E-state index is -0.506. The van der Waals surface area contributed by atoms with Crippen LogP contribution in [0.25, 0.3) is 16.6 Å². The Morgan fingerprint density at radius 1 is 1.13 bits per heavy atom. The van der Waals surface area contributed by atoms with E-state index in [2.05, 4.69) is 10.4 Å². The number of ketones is 1. The minimum Gasteiger partial charge on any atom is -0.444 e. The van der Waals surface area contributed by atoms with Crippen molar-refractivity contribution in [2.24, 2.45) is 0 Å². The lowest BCUT2D eigenvalue weighted by atomic mass is 10.1. The number of hydrogen-bond acceptors (Lipinski definition) is 5. The number of carbonyl (C=O) groups is 2. The fraction of sp³-hybridized carbons (Fsp3) is 0.375. The van der Waals surface area contributed by atoms with E-state index < -0.39 is 5.60 Å². The van der Waals surface area contributed by atoms with Gasteiger partial charge in [0.1, 0.15) is 5.60 Å². The molecule has 7 heteroatoms. The number of rotatable bonds is 5. The van der Waals surface area contributed by atoms with Crippen LogP contribution in [-0.2, 0) is 4.74 Å². The highest BCUT2D eigenvalue weighted by Crippen LogP contribution is 2.17. The second-order valence-electron chi connectivity index (χ2n) is 8.90. The first-order valence-corrected chi connectivity index (χ1v) is 10.6. The molecule has 1 unspecified atom stereocenters. The molecule has 3 aromatic rings. The Kier molecular flexibility index (Phi) is 5.78. The maximum absolute atomic E-state index is 12.6. The lowest BCUT2D eigenvalue weighted by Gasteiger charge is -2.24. The normalized spacial score (nSPS) is 16.6. The Hall–Kier alpha value is -3.19. The van der Waals surface area contributed by atoms with Gasteiger partial charge in [-0.3, -0.25) is 4.79 Å². The quantitative estimate of drug-likeness (QED) is 0.635. The molecule has 0 radical (unpaired) electrons. The predicted molar refractivity (Wildman–Crippen MR) is 120 cm³/mol. The summed E-state index contributed by atoms with van der Waals surface area (Å²) in [6.07, 6.45) is 2.48. The Morgan fingerprint density at radius 3 is 2.58 bits per heavy atom. The molecule has 1 saturated heterocycles. The van der Waals surface area contributed by atoms with Gasteiger partial charge in [0.2, 0.25) is 0 Å². The number of nitrogens with zero attached hydrogens (tertiary/aromatic N) is 3. The van der Waals surface area contributed by atoms with E-state index >= 15 is 0 Å². The second kappa shape index (κ2) is 8.51. The number of hydrogen-bond donors (Lipinski definition) is 1. The Bertz CT molecular complexity index is 1050. The van der Waals surface area contributed by atoms with Crippen molar-refractivity contribution in [3.63, 3.8) is 0 Å². The summed E-state index contributed by atoms with van der Waals surface area (Å²) >= 11 is 0. The first-order chi connectivity index (χ1) is 14.8. The van der Waals surface area contributed by atoms with Crippen LogP contribution in [0.3, 0.4) is 0 Å². The van der Waals surface area contributed by atoms with Gasteiger partial charge in [0.15, 0.2) is 5.78 Å². The molecular formula is C24H28N4O3. The molecule has 1 aromatic heterocycles. The zero-order chi connectivity index (χ0) is 22.0. The maximum Gasteiger partial charge on any atom is 0.410 e. The van der Waals surface area contributed by atoms with E-state index in [0.717, 1.165) is 23.0 Å². The molecule has 0 saturated carbocycles. The van der Waals surface area contributed by atoms with Crippen LogP contribution < -0.4 is 5.32 Å². The summed E-state index contributed by atoms with van der Waals surface area (Å²) in [6.45, 7) is 6.99. The molecule has 1 fully saturated rings. The second-order valence-corrected chi connectivity index (χ2v) is 8.90. The van der Waals surface area contributed by atoms with Gasteiger partial charge in [0.25, 0.3) is 0 Å². The van der Waals surface area contributed by atoms with Gasteiger partial charge < -0.3 is 15.0 Å². The van der Waals surface area contributed by atoms with Crippen molar-refractivity contribution in [1.82, 2.24) is 20.0 Å². The third-order valence-electron chi connectivity index (χ3n) is 5.26. The van der Waals surface area contributed by atoms with E-state index in [1.807, 2.05) is 80.2 Å². The van der Waals surface area contributed by atoms with Crippen molar-refractivity contribution in [2.45, 2.75) is 38.8 Å². The highest BCUT2D eigenvalue weighted by Gasteiger charge is 2.29. The van der Waals surface area contributed by atoms with E-state index in [4.69, 9.17) is 4.74 Å². The number of nitrogens with one attached hydrogen (secondary N) is 1. The van der Waals surface area contributed by atoms with Crippen molar-refractivity contribution >= 4 is 22.8 Å². The van der Waals surface area contributed by atoms with Gasteiger partial charge in [0.05, 0.1) is 17.7 Å².